The lowest BCUT2D eigenvalue weighted by atomic mass is 10.1. The molecule has 2 aromatic carbocycles. The fourth-order valence-electron chi connectivity index (χ4n) is 3.88. The van der Waals surface area contributed by atoms with Gasteiger partial charge >= 0.3 is 0 Å². The largest absolute Gasteiger partial charge is 0.305 e. The molecule has 0 saturated carbocycles. The van der Waals surface area contributed by atoms with E-state index in [1.54, 1.807) is 24.3 Å². The second-order valence-electron chi connectivity index (χ2n) is 11.2. The SMILES string of the molecule is CC(C)(C)[Si](C)(C)C(=O)CCC(/C=C/S(=O)(=O)c1ccccc1)C[Si](C)(C)c1ccccc1. The van der Waals surface area contributed by atoms with Crippen molar-refractivity contribution in [2.45, 2.75) is 75.8 Å². The maximum Gasteiger partial charge on any atom is 0.199 e. The average Bonchev–Trinajstić information content (AvgIpc) is 2.75. The van der Waals surface area contributed by atoms with E-state index in [2.05, 4.69) is 71.2 Å². The zero-order valence-corrected chi connectivity index (χ0v) is 24.1. The lowest BCUT2D eigenvalue weighted by Gasteiger charge is -2.35. The van der Waals surface area contributed by atoms with E-state index >= 15 is 0 Å². The van der Waals surface area contributed by atoms with Crippen LogP contribution in [-0.2, 0) is 14.6 Å². The lowest BCUT2D eigenvalue weighted by molar-refractivity contribution is -0.113. The minimum Gasteiger partial charge on any atom is -0.305 e. The molecule has 0 fully saturated rings. The highest BCUT2D eigenvalue weighted by atomic mass is 32.2. The molecule has 0 aliphatic rings. The van der Waals surface area contributed by atoms with Gasteiger partial charge in [0.1, 0.15) is 13.5 Å². The summed E-state index contributed by atoms with van der Waals surface area (Å²) >= 11 is 0. The van der Waals surface area contributed by atoms with Crippen LogP contribution in [-0.4, -0.2) is 30.0 Å². The minimum atomic E-state index is -3.51. The van der Waals surface area contributed by atoms with Crippen molar-refractivity contribution in [2.24, 2.45) is 5.92 Å². The van der Waals surface area contributed by atoms with Gasteiger partial charge in [0, 0.05) is 11.8 Å². The summed E-state index contributed by atoms with van der Waals surface area (Å²) in [7, 11) is -7.41. The Labute approximate surface area is 203 Å². The summed E-state index contributed by atoms with van der Waals surface area (Å²) in [5.41, 5.74) is 0. The van der Waals surface area contributed by atoms with Crippen molar-refractivity contribution < 1.29 is 13.2 Å². The summed E-state index contributed by atoms with van der Waals surface area (Å²) < 4.78 is 25.7. The van der Waals surface area contributed by atoms with Gasteiger partial charge in [-0.2, -0.15) is 0 Å². The molecule has 1 unspecified atom stereocenters. The number of hydrogen-bond donors (Lipinski definition) is 0. The Hall–Kier alpha value is -1.77. The van der Waals surface area contributed by atoms with E-state index in [0.717, 1.165) is 6.04 Å². The predicted molar refractivity (Wildman–Crippen MR) is 146 cm³/mol. The van der Waals surface area contributed by atoms with Gasteiger partial charge in [-0.1, -0.05) is 107 Å². The van der Waals surface area contributed by atoms with Crippen LogP contribution in [0, 0.1) is 5.92 Å². The number of carbonyl (C=O) groups excluding carboxylic acids is 1. The van der Waals surface area contributed by atoms with Gasteiger partial charge in [-0.05, 0) is 35.6 Å². The highest BCUT2D eigenvalue weighted by Crippen LogP contribution is 2.38. The van der Waals surface area contributed by atoms with E-state index < -0.39 is 26.0 Å². The first-order valence-corrected chi connectivity index (χ1v) is 19.5. The molecule has 0 aliphatic heterocycles. The smallest absolute Gasteiger partial charge is 0.199 e. The molecule has 0 aromatic heterocycles. The fraction of sp³-hybridized carbons (Fsp3) is 0.444. The monoisotopic (exact) mass is 500 g/mol. The number of hydrogen-bond acceptors (Lipinski definition) is 3. The average molecular weight is 501 g/mol. The third-order valence-electron chi connectivity index (χ3n) is 7.24. The summed E-state index contributed by atoms with van der Waals surface area (Å²) in [5, 5.41) is 3.09. The van der Waals surface area contributed by atoms with Gasteiger partial charge in [-0.15, -0.1) is 0 Å². The summed E-state index contributed by atoms with van der Waals surface area (Å²) in [5.74, 6) is 0.0408. The van der Waals surface area contributed by atoms with Crippen LogP contribution in [0.15, 0.2) is 77.0 Å². The Bertz CT molecular complexity index is 1050. The molecule has 180 valence electrons. The number of sulfone groups is 1. The Kier molecular flexibility index (Phi) is 8.88. The maximum atomic E-state index is 13.2. The van der Waals surface area contributed by atoms with Crippen LogP contribution in [0.1, 0.15) is 33.6 Å². The second-order valence-corrected chi connectivity index (χ2v) is 23.1. The minimum absolute atomic E-state index is 0.00409. The third-order valence-corrected chi connectivity index (χ3v) is 17.5. The first-order chi connectivity index (χ1) is 15.2. The van der Waals surface area contributed by atoms with Gasteiger partial charge in [-0.25, -0.2) is 8.42 Å². The zero-order chi connectivity index (χ0) is 24.9. The second kappa shape index (κ2) is 10.7. The first-order valence-electron chi connectivity index (χ1n) is 11.7. The molecule has 6 heteroatoms. The van der Waals surface area contributed by atoms with Gasteiger partial charge in [0.05, 0.1) is 13.0 Å². The van der Waals surface area contributed by atoms with Crippen molar-refractivity contribution in [2.75, 3.05) is 0 Å². The Morgan fingerprint density at radius 1 is 0.909 bits per heavy atom. The van der Waals surface area contributed by atoms with E-state index in [4.69, 9.17) is 0 Å². The van der Waals surface area contributed by atoms with Crippen LogP contribution < -0.4 is 5.19 Å². The summed E-state index contributed by atoms with van der Waals surface area (Å²) in [6.07, 6.45) is 3.05. The van der Waals surface area contributed by atoms with Crippen molar-refractivity contribution in [1.29, 1.82) is 0 Å². The van der Waals surface area contributed by atoms with Gasteiger partial charge in [0.25, 0.3) is 0 Å². The fourth-order valence-corrected chi connectivity index (χ4v) is 9.59. The Morgan fingerprint density at radius 3 is 1.94 bits per heavy atom. The maximum absolute atomic E-state index is 13.2. The van der Waals surface area contributed by atoms with Crippen molar-refractivity contribution in [1.82, 2.24) is 0 Å². The normalized spacial score (nSPS) is 14.4. The first kappa shape index (κ1) is 27.5. The number of allylic oxidation sites excluding steroid dienone is 1. The molecule has 33 heavy (non-hydrogen) atoms. The lowest BCUT2D eigenvalue weighted by Crippen LogP contribution is -2.46. The molecule has 2 rings (SSSR count). The van der Waals surface area contributed by atoms with Crippen molar-refractivity contribution in [3.63, 3.8) is 0 Å². The highest BCUT2D eigenvalue weighted by molar-refractivity contribution is 7.94. The summed E-state index contributed by atoms with van der Waals surface area (Å²) in [6, 6.07) is 19.9. The van der Waals surface area contributed by atoms with Crippen LogP contribution in [0.3, 0.4) is 0 Å². The number of rotatable bonds is 10. The number of benzene rings is 2. The van der Waals surface area contributed by atoms with Gasteiger partial charge in [0.2, 0.25) is 0 Å². The van der Waals surface area contributed by atoms with Gasteiger partial charge in [-0.3, -0.25) is 0 Å². The van der Waals surface area contributed by atoms with Crippen LogP contribution in [0.2, 0.25) is 37.3 Å². The van der Waals surface area contributed by atoms with Crippen molar-refractivity contribution in [3.05, 3.63) is 72.1 Å². The quantitative estimate of drug-likeness (QED) is 0.345. The molecule has 0 bridgehead atoms. The molecule has 0 spiro atoms. The van der Waals surface area contributed by atoms with E-state index in [1.165, 1.54) is 10.6 Å². The van der Waals surface area contributed by atoms with Gasteiger partial charge < -0.3 is 4.79 Å². The molecule has 0 radical (unpaired) electrons. The summed E-state index contributed by atoms with van der Waals surface area (Å²) in [6.45, 7) is 15.4. The van der Waals surface area contributed by atoms with Crippen LogP contribution in [0.4, 0.5) is 0 Å². The van der Waals surface area contributed by atoms with Crippen LogP contribution in [0.25, 0.3) is 0 Å². The van der Waals surface area contributed by atoms with E-state index in [-0.39, 0.29) is 11.0 Å². The summed E-state index contributed by atoms with van der Waals surface area (Å²) in [4.78, 5) is 13.5. The molecule has 0 heterocycles. The van der Waals surface area contributed by atoms with Crippen LogP contribution >= 0.6 is 0 Å². The Balaban J connectivity index is 2.29. The van der Waals surface area contributed by atoms with Gasteiger partial charge in [0.15, 0.2) is 9.84 Å². The van der Waals surface area contributed by atoms with E-state index in [9.17, 15) is 13.2 Å². The standard InChI is InChI=1S/C27H40O3SSi2/c1-27(2,3)33(6,7)26(28)19-18-23(22-32(4,5)25-16-12-9-13-17-25)20-21-31(29,30)24-14-10-8-11-15-24/h8-17,20-21,23H,18-19,22H2,1-7H3/b21-20+. The molecule has 0 amide bonds. The molecular formula is C27H40O3SSi2. The molecule has 0 saturated heterocycles. The molecule has 0 N–H and O–H groups in total. The Morgan fingerprint density at radius 2 is 1.42 bits per heavy atom. The predicted octanol–water partition coefficient (Wildman–Crippen LogP) is 6.60. The van der Waals surface area contributed by atoms with E-state index in [1.807, 2.05) is 18.2 Å². The van der Waals surface area contributed by atoms with E-state index in [0.29, 0.717) is 23.1 Å². The molecule has 2 aromatic rings. The molecule has 0 aliphatic carbocycles. The molecule has 3 nitrogen and oxygen atoms in total. The topological polar surface area (TPSA) is 51.2 Å². The zero-order valence-electron chi connectivity index (χ0n) is 21.3. The highest BCUT2D eigenvalue weighted by Gasteiger charge is 2.41. The van der Waals surface area contributed by atoms with Crippen molar-refractivity contribution >= 4 is 36.6 Å². The number of carbonyl (C=O) groups is 1. The molecule has 1 atom stereocenters. The third kappa shape index (κ3) is 7.36. The van der Waals surface area contributed by atoms with Crippen LogP contribution in [0.5, 0.6) is 0 Å². The molecular weight excluding hydrogens is 461 g/mol. The van der Waals surface area contributed by atoms with Crippen molar-refractivity contribution in [3.8, 4) is 0 Å².